The van der Waals surface area contributed by atoms with Crippen molar-refractivity contribution >= 4 is 0 Å². The van der Waals surface area contributed by atoms with Crippen LogP contribution in [0, 0.1) is 0 Å². The highest BCUT2D eigenvalue weighted by Crippen LogP contribution is 2.21. The zero-order valence-corrected chi connectivity index (χ0v) is 13.2. The lowest BCUT2D eigenvalue weighted by Gasteiger charge is -2.10. The first-order valence-corrected chi connectivity index (χ1v) is 8.04. The number of aryl methyl sites for hydroxylation is 2. The summed E-state index contributed by atoms with van der Waals surface area (Å²) in [6, 6.07) is 10.6. The van der Waals surface area contributed by atoms with Crippen LogP contribution in [-0.2, 0) is 24.1 Å². The normalized spacial score (nSPS) is 18.0. The number of nitrogens with one attached hydrogen (secondary N) is 1. The summed E-state index contributed by atoms with van der Waals surface area (Å²) >= 11 is 0. The molecular weight excluding hydrogens is 276 g/mol. The van der Waals surface area contributed by atoms with E-state index in [9.17, 15) is 0 Å². The summed E-state index contributed by atoms with van der Waals surface area (Å²) in [5, 5.41) is 8.12. The van der Waals surface area contributed by atoms with Gasteiger partial charge in [0.05, 0.1) is 6.61 Å². The molecule has 1 aromatic carbocycles. The summed E-state index contributed by atoms with van der Waals surface area (Å²) in [6.07, 6.45) is 2.91. The molecular formula is C17H24N4O. The smallest absolute Gasteiger partial charge is 0.153 e. The van der Waals surface area contributed by atoms with Crippen LogP contribution in [0.5, 0.6) is 0 Å². The van der Waals surface area contributed by atoms with Gasteiger partial charge in [-0.05, 0) is 24.9 Å². The molecule has 1 atom stereocenters. The van der Waals surface area contributed by atoms with Crippen LogP contribution in [0.15, 0.2) is 30.3 Å². The zero-order valence-electron chi connectivity index (χ0n) is 13.2. The molecule has 118 valence electrons. The maximum absolute atomic E-state index is 5.15. The average molecular weight is 300 g/mol. The van der Waals surface area contributed by atoms with Crippen molar-refractivity contribution in [2.45, 2.75) is 31.7 Å². The third-order valence-electron chi connectivity index (χ3n) is 4.15. The summed E-state index contributed by atoms with van der Waals surface area (Å²) in [6.45, 7) is 3.64. The lowest BCUT2D eigenvalue weighted by Crippen LogP contribution is -2.14. The molecule has 0 amide bonds. The van der Waals surface area contributed by atoms with E-state index < -0.39 is 0 Å². The van der Waals surface area contributed by atoms with E-state index in [1.807, 2.05) is 0 Å². The average Bonchev–Trinajstić information content (AvgIpc) is 3.21. The van der Waals surface area contributed by atoms with E-state index in [1.54, 1.807) is 7.11 Å². The second-order valence-electron chi connectivity index (χ2n) is 5.78. The van der Waals surface area contributed by atoms with Crippen LogP contribution in [0.4, 0.5) is 0 Å². The maximum Gasteiger partial charge on any atom is 0.153 e. The monoisotopic (exact) mass is 300 g/mol. The molecule has 1 aliphatic rings. The Hall–Kier alpha value is -1.72. The van der Waals surface area contributed by atoms with Gasteiger partial charge < -0.3 is 10.1 Å². The van der Waals surface area contributed by atoms with Gasteiger partial charge >= 0.3 is 0 Å². The minimum atomic E-state index is 0.486. The van der Waals surface area contributed by atoms with Crippen molar-refractivity contribution in [2.24, 2.45) is 0 Å². The lowest BCUT2D eigenvalue weighted by molar-refractivity contribution is 0.200. The molecule has 0 saturated carbocycles. The third kappa shape index (κ3) is 3.72. The van der Waals surface area contributed by atoms with Gasteiger partial charge in [0.2, 0.25) is 0 Å². The number of aromatic nitrogens is 3. The lowest BCUT2D eigenvalue weighted by atomic mass is 10.1. The van der Waals surface area contributed by atoms with Gasteiger partial charge in [-0.15, -0.1) is 0 Å². The summed E-state index contributed by atoms with van der Waals surface area (Å²) in [5.41, 5.74) is 1.34. The van der Waals surface area contributed by atoms with Crippen molar-refractivity contribution in [2.75, 3.05) is 26.8 Å². The number of methoxy groups -OCH3 is 1. The molecule has 22 heavy (non-hydrogen) atoms. The van der Waals surface area contributed by atoms with E-state index in [1.165, 1.54) is 5.56 Å². The molecule has 1 aliphatic heterocycles. The third-order valence-corrected chi connectivity index (χ3v) is 4.15. The highest BCUT2D eigenvalue weighted by atomic mass is 16.5. The van der Waals surface area contributed by atoms with E-state index in [2.05, 4.69) is 40.3 Å². The highest BCUT2D eigenvalue weighted by molar-refractivity contribution is 5.15. The van der Waals surface area contributed by atoms with Crippen molar-refractivity contribution in [1.29, 1.82) is 0 Å². The fourth-order valence-electron chi connectivity index (χ4n) is 2.92. The minimum Gasteiger partial charge on any atom is -0.384 e. The summed E-state index contributed by atoms with van der Waals surface area (Å²) < 4.78 is 7.25. The van der Waals surface area contributed by atoms with Gasteiger partial charge in [-0.2, -0.15) is 5.10 Å². The van der Waals surface area contributed by atoms with Gasteiger partial charge in [0.25, 0.3) is 0 Å². The first kappa shape index (κ1) is 15.2. The molecule has 1 N–H and O–H groups in total. The minimum absolute atomic E-state index is 0.486. The van der Waals surface area contributed by atoms with E-state index in [4.69, 9.17) is 14.8 Å². The second-order valence-corrected chi connectivity index (χ2v) is 5.78. The van der Waals surface area contributed by atoms with Gasteiger partial charge in [0.15, 0.2) is 5.82 Å². The Morgan fingerprint density at radius 2 is 2.14 bits per heavy atom. The van der Waals surface area contributed by atoms with E-state index >= 15 is 0 Å². The highest BCUT2D eigenvalue weighted by Gasteiger charge is 2.23. The summed E-state index contributed by atoms with van der Waals surface area (Å²) in [7, 11) is 1.72. The van der Waals surface area contributed by atoms with E-state index in [-0.39, 0.29) is 0 Å². The summed E-state index contributed by atoms with van der Waals surface area (Å²) in [4.78, 5) is 4.77. The van der Waals surface area contributed by atoms with Crippen LogP contribution in [0.1, 0.15) is 29.6 Å². The van der Waals surface area contributed by atoms with Gasteiger partial charge in [-0.1, -0.05) is 30.3 Å². The van der Waals surface area contributed by atoms with Gasteiger partial charge in [-0.25, -0.2) is 9.67 Å². The van der Waals surface area contributed by atoms with Gasteiger partial charge in [-0.3, -0.25) is 0 Å². The van der Waals surface area contributed by atoms with Gasteiger partial charge in [0, 0.05) is 32.5 Å². The number of hydrogen-bond donors (Lipinski definition) is 1. The van der Waals surface area contributed by atoms with Crippen molar-refractivity contribution < 1.29 is 4.74 Å². The molecule has 2 heterocycles. The van der Waals surface area contributed by atoms with Crippen molar-refractivity contribution in [3.63, 3.8) is 0 Å². The topological polar surface area (TPSA) is 52.0 Å². The van der Waals surface area contributed by atoms with Crippen LogP contribution in [0.25, 0.3) is 0 Å². The molecule has 2 aromatic rings. The van der Waals surface area contributed by atoms with Crippen molar-refractivity contribution in [1.82, 2.24) is 20.1 Å². The molecule has 0 radical (unpaired) electrons. The number of rotatable bonds is 7. The molecule has 1 aromatic heterocycles. The predicted molar refractivity (Wildman–Crippen MR) is 86.0 cm³/mol. The standard InChI is InChI=1S/C17H24N4O/c1-22-12-9-16-19-17(15-7-10-18-13-15)21(20-16)11-8-14-5-3-2-4-6-14/h2-6,15,18H,7-13H2,1H3/t15-/m0/s1. The Kier molecular flexibility index (Phi) is 5.19. The Balaban J connectivity index is 1.73. The van der Waals surface area contributed by atoms with Crippen LogP contribution >= 0.6 is 0 Å². The van der Waals surface area contributed by atoms with Crippen LogP contribution in [-0.4, -0.2) is 41.6 Å². The first-order valence-electron chi connectivity index (χ1n) is 8.04. The molecule has 5 heteroatoms. The molecule has 0 bridgehead atoms. The summed E-state index contributed by atoms with van der Waals surface area (Å²) in [5.74, 6) is 2.52. The number of nitrogens with zero attached hydrogens (tertiary/aromatic N) is 3. The fraction of sp³-hybridized carbons (Fsp3) is 0.529. The molecule has 1 saturated heterocycles. The second kappa shape index (κ2) is 7.51. The predicted octanol–water partition coefficient (Wildman–Crippen LogP) is 1.79. The number of ether oxygens (including phenoxy) is 1. The fourth-order valence-corrected chi connectivity index (χ4v) is 2.92. The first-order chi connectivity index (χ1) is 10.9. The quantitative estimate of drug-likeness (QED) is 0.847. The molecule has 0 aliphatic carbocycles. The van der Waals surface area contributed by atoms with Gasteiger partial charge in [0.1, 0.15) is 5.82 Å². The number of benzene rings is 1. The van der Waals surface area contributed by atoms with Crippen LogP contribution in [0.2, 0.25) is 0 Å². The SMILES string of the molecule is COCCc1nc([C@H]2CCNC2)n(CCc2ccccc2)n1. The van der Waals surface area contributed by atoms with Crippen molar-refractivity contribution in [3.8, 4) is 0 Å². The van der Waals surface area contributed by atoms with E-state index in [0.29, 0.717) is 12.5 Å². The largest absolute Gasteiger partial charge is 0.384 e. The van der Waals surface area contributed by atoms with Crippen LogP contribution < -0.4 is 5.32 Å². The molecule has 0 spiro atoms. The Bertz CT molecular complexity index is 576. The number of hydrogen-bond acceptors (Lipinski definition) is 4. The van der Waals surface area contributed by atoms with Crippen LogP contribution in [0.3, 0.4) is 0 Å². The maximum atomic E-state index is 5.15. The Morgan fingerprint density at radius 1 is 1.27 bits per heavy atom. The molecule has 5 nitrogen and oxygen atoms in total. The molecule has 3 rings (SSSR count). The zero-order chi connectivity index (χ0) is 15.2. The molecule has 1 fully saturated rings. The Labute approximate surface area is 131 Å². The van der Waals surface area contributed by atoms with E-state index in [0.717, 1.165) is 50.5 Å². The van der Waals surface area contributed by atoms with Crippen molar-refractivity contribution in [3.05, 3.63) is 47.5 Å². The molecule has 0 unspecified atom stereocenters. The Morgan fingerprint density at radius 3 is 2.86 bits per heavy atom.